The highest BCUT2D eigenvalue weighted by atomic mass is 15.3. The van der Waals surface area contributed by atoms with Gasteiger partial charge < -0.3 is 0 Å². The first-order valence-corrected chi connectivity index (χ1v) is 5.91. The largest absolute Gasteiger partial charge is 0.278 e. The molecule has 2 fully saturated rings. The van der Waals surface area contributed by atoms with Crippen molar-refractivity contribution in [1.82, 2.24) is 9.88 Å². The Hall–Kier alpha value is -1.40. The Labute approximate surface area is 95.7 Å². The van der Waals surface area contributed by atoms with Crippen LogP contribution in [0.2, 0.25) is 0 Å². The van der Waals surface area contributed by atoms with Gasteiger partial charge in [-0.1, -0.05) is 6.07 Å². The predicted octanol–water partition coefficient (Wildman–Crippen LogP) is 2.10. The first-order valence-electron chi connectivity index (χ1n) is 5.91. The molecule has 0 aromatic carbocycles. The Balaban J connectivity index is 1.84. The van der Waals surface area contributed by atoms with Gasteiger partial charge in [0.05, 0.1) is 6.07 Å². The molecule has 2 aliphatic heterocycles. The van der Waals surface area contributed by atoms with Crippen LogP contribution in [0.5, 0.6) is 0 Å². The van der Waals surface area contributed by atoms with E-state index in [4.69, 9.17) is 0 Å². The van der Waals surface area contributed by atoms with Crippen LogP contribution >= 0.6 is 0 Å². The normalized spacial score (nSPS) is 32.8. The first kappa shape index (κ1) is 9.80. The zero-order valence-electron chi connectivity index (χ0n) is 9.26. The maximum atomic E-state index is 9.38. The fraction of sp³-hybridized carbons (Fsp3) is 0.538. The average Bonchev–Trinajstić information content (AvgIpc) is 2.86. The van der Waals surface area contributed by atoms with Crippen LogP contribution in [0.4, 0.5) is 0 Å². The number of fused-ring (bicyclic) bond motifs is 2. The second-order valence-corrected chi connectivity index (χ2v) is 4.86. The van der Waals surface area contributed by atoms with Crippen molar-refractivity contribution >= 4 is 0 Å². The fourth-order valence-corrected chi connectivity index (χ4v) is 3.17. The molecule has 2 saturated heterocycles. The molecule has 0 atom stereocenters. The van der Waals surface area contributed by atoms with Gasteiger partial charge in [-0.3, -0.25) is 9.88 Å². The molecular weight excluding hydrogens is 198 g/mol. The van der Waals surface area contributed by atoms with Gasteiger partial charge in [0.1, 0.15) is 5.54 Å². The summed E-state index contributed by atoms with van der Waals surface area (Å²) in [4.78, 5) is 6.53. The topological polar surface area (TPSA) is 39.9 Å². The van der Waals surface area contributed by atoms with Crippen LogP contribution < -0.4 is 0 Å². The highest BCUT2D eigenvalue weighted by Crippen LogP contribution is 2.46. The molecule has 2 aliphatic rings. The summed E-state index contributed by atoms with van der Waals surface area (Å²) in [5, 5.41) is 9.38. The molecule has 1 aromatic rings. The number of rotatable bonds is 2. The van der Waals surface area contributed by atoms with Gasteiger partial charge in [0, 0.05) is 25.0 Å². The standard InChI is InChI=1S/C13H15N3/c14-10-13-5-3-12(4-6-13)16(13)9-11-2-1-7-15-8-11/h1-2,7-8,12H,3-6,9H2. The van der Waals surface area contributed by atoms with E-state index in [1.54, 1.807) is 6.20 Å². The van der Waals surface area contributed by atoms with Crippen molar-refractivity contribution in [3.8, 4) is 6.07 Å². The van der Waals surface area contributed by atoms with E-state index in [1.807, 2.05) is 12.3 Å². The molecule has 0 saturated carbocycles. The third-order valence-electron chi connectivity index (χ3n) is 4.06. The number of hydrogen-bond donors (Lipinski definition) is 0. The molecule has 0 spiro atoms. The average molecular weight is 213 g/mol. The Bertz CT molecular complexity index is 413. The molecule has 0 aliphatic carbocycles. The summed E-state index contributed by atoms with van der Waals surface area (Å²) >= 11 is 0. The number of nitrogens with zero attached hydrogens (tertiary/aromatic N) is 3. The van der Waals surface area contributed by atoms with E-state index in [9.17, 15) is 5.26 Å². The molecule has 0 amide bonds. The van der Waals surface area contributed by atoms with Gasteiger partial charge in [0.2, 0.25) is 0 Å². The van der Waals surface area contributed by atoms with Crippen LogP contribution in [-0.4, -0.2) is 21.5 Å². The predicted molar refractivity (Wildman–Crippen MR) is 60.4 cm³/mol. The molecule has 0 radical (unpaired) electrons. The molecule has 0 unspecified atom stereocenters. The van der Waals surface area contributed by atoms with Crippen LogP contribution in [-0.2, 0) is 6.54 Å². The monoisotopic (exact) mass is 213 g/mol. The zero-order chi connectivity index (χ0) is 11.0. The second kappa shape index (κ2) is 3.57. The maximum absolute atomic E-state index is 9.38. The zero-order valence-corrected chi connectivity index (χ0v) is 9.26. The van der Waals surface area contributed by atoms with Crippen LogP contribution in [0, 0.1) is 11.3 Å². The van der Waals surface area contributed by atoms with Gasteiger partial charge in [0.15, 0.2) is 0 Å². The quantitative estimate of drug-likeness (QED) is 0.755. The highest BCUT2D eigenvalue weighted by molar-refractivity contribution is 5.21. The second-order valence-electron chi connectivity index (χ2n) is 4.86. The minimum atomic E-state index is -0.166. The number of hydrogen-bond acceptors (Lipinski definition) is 3. The number of pyridine rings is 1. The summed E-state index contributed by atoms with van der Waals surface area (Å²) in [5.41, 5.74) is 1.05. The molecule has 3 rings (SSSR count). The van der Waals surface area contributed by atoms with Crippen molar-refractivity contribution < 1.29 is 0 Å². The lowest BCUT2D eigenvalue weighted by Gasteiger charge is -2.28. The van der Waals surface area contributed by atoms with Crippen molar-refractivity contribution in [2.45, 2.75) is 43.8 Å². The highest BCUT2D eigenvalue weighted by Gasteiger charge is 2.51. The molecule has 3 nitrogen and oxygen atoms in total. The Morgan fingerprint density at radius 2 is 2.31 bits per heavy atom. The summed E-state index contributed by atoms with van der Waals surface area (Å²) in [7, 11) is 0. The summed E-state index contributed by atoms with van der Waals surface area (Å²) in [6.07, 6.45) is 8.18. The van der Waals surface area contributed by atoms with E-state index < -0.39 is 0 Å². The lowest BCUT2D eigenvalue weighted by molar-refractivity contribution is 0.194. The lowest BCUT2D eigenvalue weighted by atomic mass is 9.89. The maximum Gasteiger partial charge on any atom is 0.109 e. The van der Waals surface area contributed by atoms with E-state index in [-0.39, 0.29) is 5.54 Å². The molecule has 3 heterocycles. The number of aromatic nitrogens is 1. The van der Waals surface area contributed by atoms with Crippen molar-refractivity contribution in [3.63, 3.8) is 0 Å². The summed E-state index contributed by atoms with van der Waals surface area (Å²) < 4.78 is 0. The third kappa shape index (κ3) is 1.34. The molecule has 2 bridgehead atoms. The van der Waals surface area contributed by atoms with Crippen LogP contribution in [0.3, 0.4) is 0 Å². The minimum Gasteiger partial charge on any atom is -0.278 e. The van der Waals surface area contributed by atoms with Gasteiger partial charge in [0.25, 0.3) is 0 Å². The fourth-order valence-electron chi connectivity index (χ4n) is 3.17. The van der Waals surface area contributed by atoms with E-state index in [2.05, 4.69) is 22.0 Å². The summed E-state index contributed by atoms with van der Waals surface area (Å²) in [6.45, 7) is 0.881. The van der Waals surface area contributed by atoms with E-state index in [0.29, 0.717) is 6.04 Å². The minimum absolute atomic E-state index is 0.166. The van der Waals surface area contributed by atoms with E-state index in [1.165, 1.54) is 18.4 Å². The summed E-state index contributed by atoms with van der Waals surface area (Å²) in [5.74, 6) is 0. The smallest absolute Gasteiger partial charge is 0.109 e. The van der Waals surface area contributed by atoms with Gasteiger partial charge in [-0.05, 0) is 37.3 Å². The van der Waals surface area contributed by atoms with Gasteiger partial charge in [-0.25, -0.2) is 0 Å². The van der Waals surface area contributed by atoms with Crippen LogP contribution in [0.25, 0.3) is 0 Å². The van der Waals surface area contributed by atoms with Crippen molar-refractivity contribution in [3.05, 3.63) is 30.1 Å². The van der Waals surface area contributed by atoms with Crippen LogP contribution in [0.1, 0.15) is 31.2 Å². The molecule has 3 heteroatoms. The Morgan fingerprint density at radius 1 is 1.50 bits per heavy atom. The van der Waals surface area contributed by atoms with Gasteiger partial charge >= 0.3 is 0 Å². The lowest BCUT2D eigenvalue weighted by Crippen LogP contribution is -2.39. The number of nitriles is 1. The summed E-state index contributed by atoms with van der Waals surface area (Å²) in [6, 6.07) is 7.23. The molecular formula is C13H15N3. The van der Waals surface area contributed by atoms with Crippen LogP contribution in [0.15, 0.2) is 24.5 Å². The molecule has 1 aromatic heterocycles. The van der Waals surface area contributed by atoms with Crippen molar-refractivity contribution in [2.75, 3.05) is 0 Å². The SMILES string of the molecule is N#CC12CCC(CC1)N2Cc1cccnc1. The molecule has 16 heavy (non-hydrogen) atoms. The molecule has 82 valence electrons. The van der Waals surface area contributed by atoms with Crippen molar-refractivity contribution in [2.24, 2.45) is 0 Å². The molecule has 0 N–H and O–H groups in total. The van der Waals surface area contributed by atoms with E-state index in [0.717, 1.165) is 19.4 Å². The Kier molecular flexibility index (Phi) is 2.19. The third-order valence-corrected chi connectivity index (χ3v) is 4.06. The first-order chi connectivity index (χ1) is 7.84. The van der Waals surface area contributed by atoms with Gasteiger partial charge in [-0.15, -0.1) is 0 Å². The Morgan fingerprint density at radius 3 is 2.94 bits per heavy atom. The van der Waals surface area contributed by atoms with Gasteiger partial charge in [-0.2, -0.15) is 5.26 Å². The van der Waals surface area contributed by atoms with Crippen molar-refractivity contribution in [1.29, 1.82) is 5.26 Å². The van der Waals surface area contributed by atoms with E-state index >= 15 is 0 Å².